The highest BCUT2D eigenvalue weighted by Crippen LogP contribution is 2.66. The van der Waals surface area contributed by atoms with Gasteiger partial charge < -0.3 is 0 Å². The van der Waals surface area contributed by atoms with Crippen molar-refractivity contribution in [2.45, 2.75) is 79.1 Å². The molecule has 4 saturated carbocycles. The number of Topliss-reactive ketones (excluding diaryl/α,β-unsaturated/α-hetero) is 3. The van der Waals surface area contributed by atoms with Crippen molar-refractivity contribution in [3.05, 3.63) is 0 Å². The molecular formula is C23H34O3. The summed E-state index contributed by atoms with van der Waals surface area (Å²) in [6, 6.07) is 0. The molecule has 0 amide bonds. The maximum atomic E-state index is 13.4. The van der Waals surface area contributed by atoms with E-state index in [1.165, 1.54) is 0 Å². The van der Waals surface area contributed by atoms with Crippen molar-refractivity contribution in [1.82, 2.24) is 0 Å². The van der Waals surface area contributed by atoms with Crippen LogP contribution in [0.2, 0.25) is 0 Å². The minimum absolute atomic E-state index is 0.0710. The van der Waals surface area contributed by atoms with Gasteiger partial charge in [0.15, 0.2) is 0 Å². The molecule has 8 atom stereocenters. The second-order valence-corrected chi connectivity index (χ2v) is 10.5. The summed E-state index contributed by atoms with van der Waals surface area (Å²) < 4.78 is 0. The topological polar surface area (TPSA) is 51.2 Å². The van der Waals surface area contributed by atoms with Crippen molar-refractivity contribution in [2.75, 3.05) is 0 Å². The van der Waals surface area contributed by atoms with Crippen LogP contribution in [0.4, 0.5) is 0 Å². The summed E-state index contributed by atoms with van der Waals surface area (Å²) in [7, 11) is 0. The Morgan fingerprint density at radius 3 is 2.31 bits per heavy atom. The minimum atomic E-state index is -0.107. The Kier molecular flexibility index (Phi) is 4.24. The van der Waals surface area contributed by atoms with Gasteiger partial charge >= 0.3 is 0 Å². The first-order valence-electron chi connectivity index (χ1n) is 10.7. The molecular weight excluding hydrogens is 324 g/mol. The van der Waals surface area contributed by atoms with Gasteiger partial charge in [0.1, 0.15) is 17.3 Å². The van der Waals surface area contributed by atoms with Crippen LogP contribution in [0.5, 0.6) is 0 Å². The van der Waals surface area contributed by atoms with Gasteiger partial charge in [-0.25, -0.2) is 0 Å². The Hall–Kier alpha value is -0.990. The lowest BCUT2D eigenvalue weighted by molar-refractivity contribution is -0.160. The van der Waals surface area contributed by atoms with Crippen molar-refractivity contribution in [2.24, 2.45) is 46.3 Å². The predicted octanol–water partition coefficient (Wildman–Crippen LogP) is 4.62. The van der Waals surface area contributed by atoms with Gasteiger partial charge in [-0.2, -0.15) is 0 Å². The standard InChI is InChI=1S/C23H34O3/c1-13(24)15-9-10-22(3)16(11-15)5-6-17-19-8-7-18(14(2)25)23(19,4)12-20(26)21(17)22/h15-19,21H,5-12H2,1-4H3/t15-,16+,17+,18-,19+,21-,22+,23-/m1/s1. The molecule has 4 aliphatic rings. The van der Waals surface area contributed by atoms with Crippen LogP contribution in [0.3, 0.4) is 0 Å². The molecule has 0 aliphatic heterocycles. The Morgan fingerprint density at radius 2 is 1.65 bits per heavy atom. The van der Waals surface area contributed by atoms with Gasteiger partial charge in [0, 0.05) is 24.2 Å². The molecule has 26 heavy (non-hydrogen) atoms. The van der Waals surface area contributed by atoms with Gasteiger partial charge in [-0.15, -0.1) is 0 Å². The van der Waals surface area contributed by atoms with Gasteiger partial charge in [-0.05, 0) is 87.4 Å². The van der Waals surface area contributed by atoms with E-state index in [0.29, 0.717) is 35.7 Å². The molecule has 0 aromatic carbocycles. The van der Waals surface area contributed by atoms with E-state index in [1.807, 2.05) is 0 Å². The first kappa shape index (κ1) is 18.4. The van der Waals surface area contributed by atoms with Crippen LogP contribution in [-0.4, -0.2) is 17.3 Å². The smallest absolute Gasteiger partial charge is 0.137 e. The van der Waals surface area contributed by atoms with Crippen molar-refractivity contribution < 1.29 is 14.4 Å². The van der Waals surface area contributed by atoms with Gasteiger partial charge in [-0.3, -0.25) is 14.4 Å². The molecule has 0 aromatic heterocycles. The second kappa shape index (κ2) is 6.01. The van der Waals surface area contributed by atoms with E-state index in [1.54, 1.807) is 13.8 Å². The number of carbonyl (C=O) groups is 3. The molecule has 0 bridgehead atoms. The van der Waals surface area contributed by atoms with E-state index in [0.717, 1.165) is 44.9 Å². The Morgan fingerprint density at radius 1 is 0.923 bits per heavy atom. The molecule has 3 heteroatoms. The quantitative estimate of drug-likeness (QED) is 0.724. The van der Waals surface area contributed by atoms with Crippen molar-refractivity contribution in [3.8, 4) is 0 Å². The zero-order valence-electron chi connectivity index (χ0n) is 16.8. The van der Waals surface area contributed by atoms with Crippen LogP contribution in [0.1, 0.15) is 79.1 Å². The summed E-state index contributed by atoms with van der Waals surface area (Å²) in [5, 5.41) is 0. The summed E-state index contributed by atoms with van der Waals surface area (Å²) in [5.41, 5.74) is -0.0363. The van der Waals surface area contributed by atoms with E-state index >= 15 is 0 Å². The van der Waals surface area contributed by atoms with E-state index in [9.17, 15) is 14.4 Å². The fourth-order valence-corrected chi connectivity index (χ4v) is 8.11. The molecule has 0 radical (unpaired) electrons. The number of rotatable bonds is 2. The molecule has 0 unspecified atom stereocenters. The summed E-state index contributed by atoms with van der Waals surface area (Å²) in [4.78, 5) is 37.6. The number of carbonyl (C=O) groups excluding carboxylic acids is 3. The third kappa shape index (κ3) is 2.41. The third-order valence-electron chi connectivity index (χ3n) is 9.41. The van der Waals surface area contributed by atoms with Gasteiger partial charge in [0.25, 0.3) is 0 Å². The van der Waals surface area contributed by atoms with Crippen LogP contribution in [-0.2, 0) is 14.4 Å². The van der Waals surface area contributed by atoms with Gasteiger partial charge in [0.05, 0.1) is 0 Å². The van der Waals surface area contributed by atoms with E-state index in [-0.39, 0.29) is 34.4 Å². The lowest BCUT2D eigenvalue weighted by atomic mass is 9.43. The highest BCUT2D eigenvalue weighted by atomic mass is 16.1. The highest BCUT2D eigenvalue weighted by molar-refractivity contribution is 5.87. The van der Waals surface area contributed by atoms with Crippen molar-refractivity contribution in [3.63, 3.8) is 0 Å². The molecule has 0 aromatic rings. The molecule has 4 rings (SSSR count). The summed E-state index contributed by atoms with van der Waals surface area (Å²) in [5.74, 6) is 3.00. The fraction of sp³-hybridized carbons (Fsp3) is 0.870. The molecule has 0 N–H and O–H groups in total. The number of hydrogen-bond acceptors (Lipinski definition) is 3. The molecule has 4 fully saturated rings. The van der Waals surface area contributed by atoms with Crippen LogP contribution in [0.15, 0.2) is 0 Å². The molecule has 0 spiro atoms. The Labute approximate surface area is 157 Å². The van der Waals surface area contributed by atoms with E-state index < -0.39 is 0 Å². The first-order chi connectivity index (χ1) is 12.2. The first-order valence-corrected chi connectivity index (χ1v) is 10.7. The molecule has 0 saturated heterocycles. The molecule has 4 aliphatic carbocycles. The minimum Gasteiger partial charge on any atom is -0.300 e. The number of fused-ring (bicyclic) bond motifs is 5. The lowest BCUT2D eigenvalue weighted by Gasteiger charge is -2.60. The SMILES string of the molecule is CC(=O)[C@@H]1CC[C@@]2(C)[C@@H](CC[C@H]3[C@@H]4CC[C@H](C(C)=O)[C@@]4(C)CC(=O)[C@@H]32)C1. The zero-order valence-corrected chi connectivity index (χ0v) is 16.8. The van der Waals surface area contributed by atoms with Crippen LogP contribution in [0.25, 0.3) is 0 Å². The average molecular weight is 359 g/mol. The van der Waals surface area contributed by atoms with Crippen LogP contribution < -0.4 is 0 Å². The summed E-state index contributed by atoms with van der Waals surface area (Å²) in [6.45, 7) is 8.03. The monoisotopic (exact) mass is 358 g/mol. The normalized spacial score (nSPS) is 50.5. The fourth-order valence-electron chi connectivity index (χ4n) is 8.11. The Bertz CT molecular complexity index is 652. The van der Waals surface area contributed by atoms with E-state index in [4.69, 9.17) is 0 Å². The molecule has 3 nitrogen and oxygen atoms in total. The zero-order chi connectivity index (χ0) is 18.9. The van der Waals surface area contributed by atoms with Gasteiger partial charge in [-0.1, -0.05) is 13.8 Å². The predicted molar refractivity (Wildman–Crippen MR) is 100 cm³/mol. The second-order valence-electron chi connectivity index (χ2n) is 10.5. The summed E-state index contributed by atoms with van der Waals surface area (Å²) >= 11 is 0. The maximum Gasteiger partial charge on any atom is 0.137 e. The van der Waals surface area contributed by atoms with Crippen molar-refractivity contribution in [1.29, 1.82) is 0 Å². The van der Waals surface area contributed by atoms with Crippen LogP contribution in [0, 0.1) is 46.3 Å². The third-order valence-corrected chi connectivity index (χ3v) is 9.41. The van der Waals surface area contributed by atoms with Crippen LogP contribution >= 0.6 is 0 Å². The number of ketones is 3. The molecule has 144 valence electrons. The van der Waals surface area contributed by atoms with E-state index in [2.05, 4.69) is 13.8 Å². The Balaban J connectivity index is 1.64. The maximum absolute atomic E-state index is 13.4. The lowest BCUT2D eigenvalue weighted by Crippen LogP contribution is -2.57. The van der Waals surface area contributed by atoms with Gasteiger partial charge in [0.2, 0.25) is 0 Å². The summed E-state index contributed by atoms with van der Waals surface area (Å²) in [6.07, 6.45) is 7.93. The average Bonchev–Trinajstić information content (AvgIpc) is 2.90. The highest BCUT2D eigenvalue weighted by Gasteiger charge is 2.63. The molecule has 0 heterocycles. The largest absolute Gasteiger partial charge is 0.300 e. The van der Waals surface area contributed by atoms with Crippen molar-refractivity contribution >= 4 is 17.3 Å². The number of hydrogen-bond donors (Lipinski definition) is 0.